The Hall–Kier alpha value is -3.08. The fourth-order valence-electron chi connectivity index (χ4n) is 3.01. The van der Waals surface area contributed by atoms with Crippen molar-refractivity contribution in [1.82, 2.24) is 4.31 Å². The number of carbonyl (C=O) groups is 2. The minimum absolute atomic E-state index is 0.0245. The summed E-state index contributed by atoms with van der Waals surface area (Å²) in [7, 11) is -0.945. The second kappa shape index (κ2) is 9.82. The third kappa shape index (κ3) is 5.29. The standard InChI is InChI=1S/C22H23ClN2O7S/c1-5-30-14-6-9-19-16(10-14)13(2)21(32-19)22(27)31-12-20(26)24-18-11-15(7-8-17(18)23)33(28,29)25(3)4/h6-11H,5,12H2,1-4H3,(H,24,26). The number of rotatable bonds is 8. The second-order valence-corrected chi connectivity index (χ2v) is 9.76. The van der Waals surface area contributed by atoms with Crippen molar-refractivity contribution >= 4 is 50.2 Å². The number of halogens is 1. The Kier molecular flexibility index (Phi) is 7.31. The van der Waals surface area contributed by atoms with Crippen LogP contribution in [0.5, 0.6) is 5.75 Å². The number of esters is 1. The summed E-state index contributed by atoms with van der Waals surface area (Å²) in [6, 6.07) is 9.09. The van der Waals surface area contributed by atoms with Crippen molar-refractivity contribution in [3.8, 4) is 5.75 Å². The molecule has 0 fully saturated rings. The van der Waals surface area contributed by atoms with E-state index in [1.165, 1.54) is 32.3 Å². The van der Waals surface area contributed by atoms with E-state index >= 15 is 0 Å². The summed E-state index contributed by atoms with van der Waals surface area (Å²) in [6.45, 7) is 3.44. The number of nitrogens with zero attached hydrogens (tertiary/aromatic N) is 1. The molecule has 2 aromatic carbocycles. The van der Waals surface area contributed by atoms with Crippen LogP contribution in [0.4, 0.5) is 5.69 Å². The molecule has 0 aliphatic heterocycles. The van der Waals surface area contributed by atoms with Crippen LogP contribution in [-0.2, 0) is 19.6 Å². The lowest BCUT2D eigenvalue weighted by Gasteiger charge is -2.13. The van der Waals surface area contributed by atoms with Crippen molar-refractivity contribution < 1.29 is 31.9 Å². The van der Waals surface area contributed by atoms with Gasteiger partial charge in [0.05, 0.1) is 22.2 Å². The molecule has 1 heterocycles. The summed E-state index contributed by atoms with van der Waals surface area (Å²) in [6.07, 6.45) is 0. The van der Waals surface area contributed by atoms with Crippen molar-refractivity contribution in [2.45, 2.75) is 18.7 Å². The summed E-state index contributed by atoms with van der Waals surface area (Å²) >= 11 is 6.07. The van der Waals surface area contributed by atoms with E-state index in [-0.39, 0.29) is 21.4 Å². The zero-order valence-electron chi connectivity index (χ0n) is 18.5. The van der Waals surface area contributed by atoms with Gasteiger partial charge in [-0.3, -0.25) is 4.79 Å². The number of ether oxygens (including phenoxy) is 2. The highest BCUT2D eigenvalue weighted by atomic mass is 35.5. The third-order valence-corrected chi connectivity index (χ3v) is 6.87. The number of anilines is 1. The van der Waals surface area contributed by atoms with E-state index in [0.29, 0.717) is 28.9 Å². The molecule has 3 rings (SSSR count). The molecule has 0 saturated heterocycles. The van der Waals surface area contributed by atoms with Crippen LogP contribution in [-0.4, -0.2) is 51.9 Å². The maximum Gasteiger partial charge on any atom is 0.375 e. The molecule has 0 atom stereocenters. The van der Waals surface area contributed by atoms with Crippen LogP contribution in [0.3, 0.4) is 0 Å². The molecular weight excluding hydrogens is 472 g/mol. The van der Waals surface area contributed by atoms with Gasteiger partial charge in [0.25, 0.3) is 5.91 Å². The van der Waals surface area contributed by atoms with Crippen LogP contribution in [0.1, 0.15) is 23.0 Å². The van der Waals surface area contributed by atoms with E-state index in [2.05, 4.69) is 5.32 Å². The highest BCUT2D eigenvalue weighted by Gasteiger charge is 2.22. The molecule has 1 amide bonds. The SMILES string of the molecule is CCOc1ccc2oc(C(=O)OCC(=O)Nc3cc(S(=O)(=O)N(C)C)ccc3Cl)c(C)c2c1. The van der Waals surface area contributed by atoms with Crippen LogP contribution in [0.2, 0.25) is 5.02 Å². The van der Waals surface area contributed by atoms with E-state index in [4.69, 9.17) is 25.5 Å². The van der Waals surface area contributed by atoms with Gasteiger partial charge < -0.3 is 19.2 Å². The van der Waals surface area contributed by atoms with E-state index in [1.807, 2.05) is 6.92 Å². The summed E-state index contributed by atoms with van der Waals surface area (Å²) in [5, 5.41) is 3.28. The molecule has 0 radical (unpaired) electrons. The normalized spacial score (nSPS) is 11.6. The molecule has 0 spiro atoms. The van der Waals surface area contributed by atoms with Gasteiger partial charge in [-0.05, 0) is 50.2 Å². The Morgan fingerprint density at radius 3 is 2.55 bits per heavy atom. The van der Waals surface area contributed by atoms with E-state index in [9.17, 15) is 18.0 Å². The molecule has 1 aromatic heterocycles. The van der Waals surface area contributed by atoms with Gasteiger partial charge in [-0.25, -0.2) is 17.5 Å². The van der Waals surface area contributed by atoms with Crippen molar-refractivity contribution in [2.75, 3.05) is 32.6 Å². The molecule has 0 aliphatic rings. The Morgan fingerprint density at radius 2 is 1.88 bits per heavy atom. The fraction of sp³-hybridized carbons (Fsp3) is 0.273. The van der Waals surface area contributed by atoms with Crippen LogP contribution in [0.15, 0.2) is 45.7 Å². The van der Waals surface area contributed by atoms with Gasteiger partial charge in [-0.2, -0.15) is 0 Å². The zero-order chi connectivity index (χ0) is 24.3. The van der Waals surface area contributed by atoms with Crippen molar-refractivity contribution in [3.05, 3.63) is 52.7 Å². The predicted octanol–water partition coefficient (Wildman–Crippen LogP) is 3.84. The lowest BCUT2D eigenvalue weighted by molar-refractivity contribution is -0.119. The molecule has 0 saturated carbocycles. The number of benzene rings is 2. The van der Waals surface area contributed by atoms with Gasteiger partial charge in [0, 0.05) is 25.0 Å². The number of furan rings is 1. The Morgan fingerprint density at radius 1 is 1.15 bits per heavy atom. The first kappa shape index (κ1) is 24.6. The highest BCUT2D eigenvalue weighted by Crippen LogP contribution is 2.30. The molecule has 176 valence electrons. The summed E-state index contributed by atoms with van der Waals surface area (Å²) in [5.41, 5.74) is 1.11. The van der Waals surface area contributed by atoms with Gasteiger partial charge >= 0.3 is 5.97 Å². The molecule has 0 aliphatic carbocycles. The van der Waals surface area contributed by atoms with E-state index in [1.54, 1.807) is 25.1 Å². The molecule has 3 aromatic rings. The monoisotopic (exact) mass is 494 g/mol. The van der Waals surface area contributed by atoms with Crippen molar-refractivity contribution in [1.29, 1.82) is 0 Å². The van der Waals surface area contributed by atoms with Gasteiger partial charge in [0.15, 0.2) is 6.61 Å². The first-order valence-electron chi connectivity index (χ1n) is 9.89. The topological polar surface area (TPSA) is 115 Å². The zero-order valence-corrected chi connectivity index (χ0v) is 20.0. The Bertz CT molecular complexity index is 1320. The quantitative estimate of drug-likeness (QED) is 0.473. The van der Waals surface area contributed by atoms with Gasteiger partial charge in [-0.15, -0.1) is 0 Å². The Labute approximate surface area is 196 Å². The average Bonchev–Trinajstić information content (AvgIpc) is 3.09. The van der Waals surface area contributed by atoms with Gasteiger partial charge in [0.1, 0.15) is 11.3 Å². The minimum atomic E-state index is -3.72. The fourth-order valence-corrected chi connectivity index (χ4v) is 4.10. The summed E-state index contributed by atoms with van der Waals surface area (Å²) in [4.78, 5) is 24.8. The average molecular weight is 495 g/mol. The number of hydrogen-bond donors (Lipinski definition) is 1. The molecule has 11 heteroatoms. The second-order valence-electron chi connectivity index (χ2n) is 7.20. The third-order valence-electron chi connectivity index (χ3n) is 4.73. The molecular formula is C22H23ClN2O7S. The van der Waals surface area contributed by atoms with E-state index < -0.39 is 28.5 Å². The van der Waals surface area contributed by atoms with Crippen LogP contribution < -0.4 is 10.1 Å². The summed E-state index contributed by atoms with van der Waals surface area (Å²) in [5.74, 6) is -0.893. The first-order valence-corrected chi connectivity index (χ1v) is 11.7. The van der Waals surface area contributed by atoms with Crippen molar-refractivity contribution in [2.24, 2.45) is 0 Å². The largest absolute Gasteiger partial charge is 0.494 e. The van der Waals surface area contributed by atoms with E-state index in [0.717, 1.165) is 4.31 Å². The lowest BCUT2D eigenvalue weighted by Crippen LogP contribution is -2.23. The number of hydrogen-bond acceptors (Lipinski definition) is 7. The highest BCUT2D eigenvalue weighted by molar-refractivity contribution is 7.89. The van der Waals surface area contributed by atoms with Crippen LogP contribution in [0.25, 0.3) is 11.0 Å². The van der Waals surface area contributed by atoms with Crippen LogP contribution >= 0.6 is 11.6 Å². The smallest absolute Gasteiger partial charge is 0.375 e. The molecule has 9 nitrogen and oxygen atoms in total. The van der Waals surface area contributed by atoms with Crippen molar-refractivity contribution in [3.63, 3.8) is 0 Å². The summed E-state index contributed by atoms with van der Waals surface area (Å²) < 4.78 is 41.8. The molecule has 1 N–H and O–H groups in total. The molecule has 33 heavy (non-hydrogen) atoms. The lowest BCUT2D eigenvalue weighted by atomic mass is 10.1. The van der Waals surface area contributed by atoms with Crippen LogP contribution in [0, 0.1) is 6.92 Å². The minimum Gasteiger partial charge on any atom is -0.494 e. The number of nitrogens with one attached hydrogen (secondary N) is 1. The maximum absolute atomic E-state index is 12.5. The first-order chi connectivity index (χ1) is 15.5. The molecule has 0 bridgehead atoms. The number of sulfonamides is 1. The number of carbonyl (C=O) groups excluding carboxylic acids is 2. The van der Waals surface area contributed by atoms with Gasteiger partial charge in [-0.1, -0.05) is 11.6 Å². The van der Waals surface area contributed by atoms with Gasteiger partial charge in [0.2, 0.25) is 15.8 Å². The number of fused-ring (bicyclic) bond motifs is 1. The number of aryl methyl sites for hydroxylation is 1. The Balaban J connectivity index is 1.70. The maximum atomic E-state index is 12.5. The molecule has 0 unspecified atom stereocenters. The predicted molar refractivity (Wildman–Crippen MR) is 123 cm³/mol. The number of amides is 1.